The first-order chi connectivity index (χ1) is 7.49. The Morgan fingerprint density at radius 3 is 2.62 bits per heavy atom. The molecule has 1 saturated heterocycles. The number of hydrogen-bond acceptors (Lipinski definition) is 3. The van der Waals surface area contributed by atoms with Gasteiger partial charge in [0, 0.05) is 12.0 Å². The van der Waals surface area contributed by atoms with Gasteiger partial charge in [0.1, 0.15) is 5.82 Å². The van der Waals surface area contributed by atoms with Crippen molar-refractivity contribution in [2.75, 3.05) is 11.5 Å². The molecule has 1 aliphatic heterocycles. The van der Waals surface area contributed by atoms with Crippen LogP contribution in [0.1, 0.15) is 17.9 Å². The molecule has 2 N–H and O–H groups in total. The highest BCUT2D eigenvalue weighted by atomic mass is 32.2. The molecule has 88 valence electrons. The summed E-state index contributed by atoms with van der Waals surface area (Å²) in [5.74, 6) is -0.446. The van der Waals surface area contributed by atoms with Crippen LogP contribution in [0.5, 0.6) is 0 Å². The van der Waals surface area contributed by atoms with E-state index < -0.39 is 15.9 Å². The molecule has 1 aliphatic rings. The fourth-order valence-corrected chi connectivity index (χ4v) is 3.77. The first kappa shape index (κ1) is 11.5. The lowest BCUT2D eigenvalue weighted by atomic mass is 9.90. The van der Waals surface area contributed by atoms with Crippen LogP contribution in [0.3, 0.4) is 0 Å². The third-order valence-corrected chi connectivity index (χ3v) is 4.76. The number of sulfone groups is 1. The van der Waals surface area contributed by atoms with Crippen molar-refractivity contribution in [1.82, 2.24) is 0 Å². The molecule has 16 heavy (non-hydrogen) atoms. The van der Waals surface area contributed by atoms with Gasteiger partial charge in [-0.3, -0.25) is 0 Å². The minimum atomic E-state index is -3.03. The van der Waals surface area contributed by atoms with E-state index in [2.05, 4.69) is 0 Å². The summed E-state index contributed by atoms with van der Waals surface area (Å²) >= 11 is 0. The van der Waals surface area contributed by atoms with E-state index >= 15 is 0 Å². The number of halogens is 1. The smallest absolute Gasteiger partial charge is 0.151 e. The van der Waals surface area contributed by atoms with Crippen LogP contribution in [0, 0.1) is 5.82 Å². The maximum atomic E-state index is 13.5. The summed E-state index contributed by atoms with van der Waals surface area (Å²) in [6.07, 6.45) is 0.407. The van der Waals surface area contributed by atoms with Crippen LogP contribution >= 0.6 is 0 Å². The Hall–Kier alpha value is -0.940. The lowest BCUT2D eigenvalue weighted by Crippen LogP contribution is -2.41. The van der Waals surface area contributed by atoms with Crippen LogP contribution in [-0.4, -0.2) is 26.0 Å². The van der Waals surface area contributed by atoms with Crippen molar-refractivity contribution in [2.45, 2.75) is 18.4 Å². The fourth-order valence-electron chi connectivity index (χ4n) is 2.18. The standard InChI is InChI=1S/C11H14FNO2S/c12-10-4-2-1-3-8(10)9-5-6-16(14,15)7-11(9)13/h1-4,9,11H,5-7,13H2. The van der Waals surface area contributed by atoms with Crippen LogP contribution in [0.4, 0.5) is 4.39 Å². The molecule has 1 fully saturated rings. The maximum absolute atomic E-state index is 13.5. The highest BCUT2D eigenvalue weighted by Gasteiger charge is 2.32. The molecule has 3 nitrogen and oxygen atoms in total. The van der Waals surface area contributed by atoms with E-state index in [1.807, 2.05) is 0 Å². The molecule has 0 spiro atoms. The Balaban J connectivity index is 2.27. The van der Waals surface area contributed by atoms with Crippen molar-refractivity contribution in [3.63, 3.8) is 0 Å². The van der Waals surface area contributed by atoms with Crippen molar-refractivity contribution in [2.24, 2.45) is 5.73 Å². The zero-order chi connectivity index (χ0) is 11.8. The second kappa shape index (κ2) is 4.14. The third kappa shape index (κ3) is 2.25. The van der Waals surface area contributed by atoms with Crippen LogP contribution in [0.15, 0.2) is 24.3 Å². The molecule has 1 heterocycles. The second-order valence-electron chi connectivity index (χ2n) is 4.19. The monoisotopic (exact) mass is 243 g/mol. The molecule has 5 heteroatoms. The molecular formula is C11H14FNO2S. The molecule has 0 aromatic heterocycles. The molecule has 0 radical (unpaired) electrons. The zero-order valence-corrected chi connectivity index (χ0v) is 9.58. The second-order valence-corrected chi connectivity index (χ2v) is 6.42. The number of benzene rings is 1. The summed E-state index contributed by atoms with van der Waals surface area (Å²) in [7, 11) is -3.03. The summed E-state index contributed by atoms with van der Waals surface area (Å²) in [5.41, 5.74) is 6.34. The van der Waals surface area contributed by atoms with Crippen LogP contribution in [0.25, 0.3) is 0 Å². The van der Waals surface area contributed by atoms with E-state index in [-0.39, 0.29) is 23.2 Å². The summed E-state index contributed by atoms with van der Waals surface area (Å²) in [6, 6.07) is 5.91. The molecule has 1 aromatic carbocycles. The van der Waals surface area contributed by atoms with E-state index in [1.54, 1.807) is 18.2 Å². The van der Waals surface area contributed by atoms with Gasteiger partial charge in [-0.15, -0.1) is 0 Å². The fraction of sp³-hybridized carbons (Fsp3) is 0.455. The lowest BCUT2D eigenvalue weighted by Gasteiger charge is -2.29. The minimum Gasteiger partial charge on any atom is -0.326 e. The van der Waals surface area contributed by atoms with Crippen LogP contribution < -0.4 is 5.73 Å². The van der Waals surface area contributed by atoms with Crippen molar-refractivity contribution in [3.8, 4) is 0 Å². The number of nitrogens with two attached hydrogens (primary N) is 1. The average Bonchev–Trinajstić information content (AvgIpc) is 2.18. The Morgan fingerprint density at radius 1 is 1.31 bits per heavy atom. The van der Waals surface area contributed by atoms with Gasteiger partial charge < -0.3 is 5.73 Å². The summed E-state index contributed by atoms with van der Waals surface area (Å²) in [5, 5.41) is 0. The number of rotatable bonds is 1. The zero-order valence-electron chi connectivity index (χ0n) is 8.77. The molecule has 2 rings (SSSR count). The Morgan fingerprint density at radius 2 is 2.00 bits per heavy atom. The van der Waals surface area contributed by atoms with Crippen molar-refractivity contribution < 1.29 is 12.8 Å². The first-order valence-corrected chi connectivity index (χ1v) is 7.02. The van der Waals surface area contributed by atoms with Crippen molar-refractivity contribution >= 4 is 9.84 Å². The van der Waals surface area contributed by atoms with E-state index in [0.717, 1.165) is 0 Å². The first-order valence-electron chi connectivity index (χ1n) is 5.20. The normalized spacial score (nSPS) is 28.9. The van der Waals surface area contributed by atoms with Gasteiger partial charge in [0.2, 0.25) is 0 Å². The largest absolute Gasteiger partial charge is 0.326 e. The summed E-state index contributed by atoms with van der Waals surface area (Å²) < 4.78 is 36.2. The molecule has 2 atom stereocenters. The van der Waals surface area contributed by atoms with E-state index in [4.69, 9.17) is 5.73 Å². The maximum Gasteiger partial charge on any atom is 0.151 e. The minimum absolute atomic E-state index is 0.0496. The van der Waals surface area contributed by atoms with Gasteiger partial charge in [-0.05, 0) is 18.1 Å². The topological polar surface area (TPSA) is 60.2 Å². The Bertz CT molecular complexity index is 487. The quantitative estimate of drug-likeness (QED) is 0.802. The molecule has 1 aromatic rings. The molecular weight excluding hydrogens is 229 g/mol. The highest BCUT2D eigenvalue weighted by molar-refractivity contribution is 7.91. The summed E-state index contributed by atoms with van der Waals surface area (Å²) in [6.45, 7) is 0. The Kier molecular flexibility index (Phi) is 2.99. The molecule has 2 unspecified atom stereocenters. The van der Waals surface area contributed by atoms with Crippen molar-refractivity contribution in [1.29, 1.82) is 0 Å². The van der Waals surface area contributed by atoms with Gasteiger partial charge in [-0.2, -0.15) is 0 Å². The molecule has 0 saturated carbocycles. The van der Waals surface area contributed by atoms with Gasteiger partial charge in [0.05, 0.1) is 11.5 Å². The highest BCUT2D eigenvalue weighted by Crippen LogP contribution is 2.29. The SMILES string of the molecule is NC1CS(=O)(=O)CCC1c1ccccc1F. The number of hydrogen-bond donors (Lipinski definition) is 1. The molecule has 0 bridgehead atoms. The van der Waals surface area contributed by atoms with Crippen LogP contribution in [0.2, 0.25) is 0 Å². The third-order valence-electron chi connectivity index (χ3n) is 3.01. The van der Waals surface area contributed by atoms with Crippen molar-refractivity contribution in [3.05, 3.63) is 35.6 Å². The molecule has 0 amide bonds. The van der Waals surface area contributed by atoms with Gasteiger partial charge >= 0.3 is 0 Å². The average molecular weight is 243 g/mol. The van der Waals surface area contributed by atoms with E-state index in [9.17, 15) is 12.8 Å². The van der Waals surface area contributed by atoms with Gasteiger partial charge in [-0.1, -0.05) is 18.2 Å². The lowest BCUT2D eigenvalue weighted by molar-refractivity contribution is 0.484. The van der Waals surface area contributed by atoms with Gasteiger partial charge in [0.25, 0.3) is 0 Å². The molecule has 0 aliphatic carbocycles. The van der Waals surface area contributed by atoms with Crippen LogP contribution in [-0.2, 0) is 9.84 Å². The predicted octanol–water partition coefficient (Wildman–Crippen LogP) is 1.06. The predicted molar refractivity (Wildman–Crippen MR) is 60.4 cm³/mol. The van der Waals surface area contributed by atoms with E-state index in [1.165, 1.54) is 6.07 Å². The van der Waals surface area contributed by atoms with E-state index in [0.29, 0.717) is 12.0 Å². The summed E-state index contributed by atoms with van der Waals surface area (Å²) in [4.78, 5) is 0. The van der Waals surface area contributed by atoms with Gasteiger partial charge in [-0.25, -0.2) is 12.8 Å². The Labute approximate surface area is 94.4 Å². The van der Waals surface area contributed by atoms with Gasteiger partial charge in [0.15, 0.2) is 9.84 Å².